The van der Waals surface area contributed by atoms with E-state index in [1.165, 1.54) is 6.08 Å². The van der Waals surface area contributed by atoms with Gasteiger partial charge in [-0.05, 0) is 48.9 Å². The van der Waals surface area contributed by atoms with E-state index in [0.29, 0.717) is 18.1 Å². The molecule has 0 heterocycles. The van der Waals surface area contributed by atoms with E-state index in [1.54, 1.807) is 13.2 Å². The van der Waals surface area contributed by atoms with E-state index in [9.17, 15) is 4.79 Å². The molecule has 29 heavy (non-hydrogen) atoms. The molecule has 3 rings (SSSR count). The summed E-state index contributed by atoms with van der Waals surface area (Å²) in [6, 6.07) is 21.2. The first-order valence-electron chi connectivity index (χ1n) is 9.15. The molecule has 1 amide bonds. The van der Waals surface area contributed by atoms with Gasteiger partial charge in [-0.15, -0.1) is 0 Å². The highest BCUT2D eigenvalue weighted by atomic mass is 79.9. The first kappa shape index (κ1) is 20.7. The van der Waals surface area contributed by atoms with Crippen LogP contribution in [0.1, 0.15) is 16.7 Å². The molecule has 0 atom stereocenters. The van der Waals surface area contributed by atoms with Crippen LogP contribution in [0.2, 0.25) is 0 Å². The molecular weight excluding hydrogens is 430 g/mol. The topological polar surface area (TPSA) is 47.6 Å². The van der Waals surface area contributed by atoms with Gasteiger partial charge < -0.3 is 14.8 Å². The zero-order chi connectivity index (χ0) is 20.6. The quantitative estimate of drug-likeness (QED) is 0.448. The number of amides is 1. The van der Waals surface area contributed by atoms with E-state index in [2.05, 4.69) is 21.2 Å². The number of para-hydroxylation sites is 1. The molecule has 0 aliphatic rings. The molecule has 0 radical (unpaired) electrons. The molecule has 3 aromatic carbocycles. The SMILES string of the molecule is COc1cccc(/C=C/C(=O)Nc2ccc(C)cc2)c1OCc1ccc(Br)cc1. The van der Waals surface area contributed by atoms with Gasteiger partial charge in [-0.2, -0.15) is 0 Å². The lowest BCUT2D eigenvalue weighted by Gasteiger charge is -2.13. The Bertz CT molecular complexity index is 996. The second-order valence-electron chi connectivity index (χ2n) is 6.48. The van der Waals surface area contributed by atoms with Gasteiger partial charge in [0, 0.05) is 21.8 Å². The van der Waals surface area contributed by atoms with Crippen LogP contribution in [0.15, 0.2) is 77.3 Å². The molecule has 3 aromatic rings. The molecule has 0 bridgehead atoms. The normalized spacial score (nSPS) is 10.7. The molecule has 0 aromatic heterocycles. The summed E-state index contributed by atoms with van der Waals surface area (Å²) in [6.45, 7) is 2.40. The predicted molar refractivity (Wildman–Crippen MR) is 120 cm³/mol. The van der Waals surface area contributed by atoms with Gasteiger partial charge in [-0.3, -0.25) is 4.79 Å². The average Bonchev–Trinajstić information content (AvgIpc) is 2.73. The number of benzene rings is 3. The van der Waals surface area contributed by atoms with Crippen molar-refractivity contribution in [3.8, 4) is 11.5 Å². The lowest BCUT2D eigenvalue weighted by molar-refractivity contribution is -0.111. The van der Waals surface area contributed by atoms with Crippen molar-refractivity contribution in [2.24, 2.45) is 0 Å². The fourth-order valence-corrected chi connectivity index (χ4v) is 2.97. The summed E-state index contributed by atoms with van der Waals surface area (Å²) in [4.78, 5) is 12.3. The molecule has 4 nitrogen and oxygen atoms in total. The highest BCUT2D eigenvalue weighted by molar-refractivity contribution is 9.10. The van der Waals surface area contributed by atoms with Gasteiger partial charge in [-0.25, -0.2) is 0 Å². The van der Waals surface area contributed by atoms with Crippen LogP contribution >= 0.6 is 15.9 Å². The van der Waals surface area contributed by atoms with Crippen molar-refractivity contribution in [2.45, 2.75) is 13.5 Å². The van der Waals surface area contributed by atoms with Crippen molar-refractivity contribution >= 4 is 33.6 Å². The van der Waals surface area contributed by atoms with Gasteiger partial charge in [0.25, 0.3) is 0 Å². The molecule has 0 spiro atoms. The highest BCUT2D eigenvalue weighted by Crippen LogP contribution is 2.32. The summed E-state index contributed by atoms with van der Waals surface area (Å²) < 4.78 is 12.5. The number of ether oxygens (including phenoxy) is 2. The number of rotatable bonds is 7. The second-order valence-corrected chi connectivity index (χ2v) is 7.40. The molecule has 1 N–H and O–H groups in total. The van der Waals surface area contributed by atoms with E-state index < -0.39 is 0 Å². The van der Waals surface area contributed by atoms with Gasteiger partial charge >= 0.3 is 0 Å². The Balaban J connectivity index is 1.73. The Hall–Kier alpha value is -3.05. The zero-order valence-corrected chi connectivity index (χ0v) is 17.9. The minimum Gasteiger partial charge on any atom is -0.493 e. The molecule has 0 unspecified atom stereocenters. The van der Waals surface area contributed by atoms with Crippen molar-refractivity contribution in [3.63, 3.8) is 0 Å². The fraction of sp³-hybridized carbons (Fsp3) is 0.125. The van der Waals surface area contributed by atoms with Crippen molar-refractivity contribution in [3.05, 3.63) is 94.0 Å². The van der Waals surface area contributed by atoms with Gasteiger partial charge in [0.2, 0.25) is 5.91 Å². The summed E-state index contributed by atoms with van der Waals surface area (Å²) >= 11 is 3.43. The number of aryl methyl sites for hydroxylation is 1. The van der Waals surface area contributed by atoms with E-state index in [1.807, 2.05) is 73.7 Å². The number of anilines is 1. The summed E-state index contributed by atoms with van der Waals surface area (Å²) in [6.07, 6.45) is 3.21. The molecule has 0 aliphatic carbocycles. The number of hydrogen-bond acceptors (Lipinski definition) is 3. The molecular formula is C24H22BrNO3. The average molecular weight is 452 g/mol. The van der Waals surface area contributed by atoms with Crippen LogP contribution in [-0.4, -0.2) is 13.0 Å². The summed E-state index contributed by atoms with van der Waals surface area (Å²) in [5, 5.41) is 2.85. The summed E-state index contributed by atoms with van der Waals surface area (Å²) in [5.74, 6) is 0.996. The predicted octanol–water partition coefficient (Wildman–Crippen LogP) is 6.00. The first-order chi connectivity index (χ1) is 14.0. The number of hydrogen-bond donors (Lipinski definition) is 1. The maximum absolute atomic E-state index is 12.3. The van der Waals surface area contributed by atoms with E-state index in [-0.39, 0.29) is 5.91 Å². The summed E-state index contributed by atoms with van der Waals surface area (Å²) in [5.41, 5.74) is 3.69. The number of methoxy groups -OCH3 is 1. The van der Waals surface area contributed by atoms with Gasteiger partial charge in [0.15, 0.2) is 11.5 Å². The number of nitrogens with one attached hydrogen (secondary N) is 1. The van der Waals surface area contributed by atoms with Crippen LogP contribution in [0.5, 0.6) is 11.5 Å². The molecule has 0 saturated carbocycles. The second kappa shape index (κ2) is 9.94. The lowest BCUT2D eigenvalue weighted by Crippen LogP contribution is -2.07. The Kier molecular flexibility index (Phi) is 7.09. The molecule has 5 heteroatoms. The Labute approximate surface area is 179 Å². The Morgan fingerprint density at radius 1 is 1.03 bits per heavy atom. The maximum atomic E-state index is 12.3. The third kappa shape index (κ3) is 5.96. The zero-order valence-electron chi connectivity index (χ0n) is 16.3. The molecule has 0 saturated heterocycles. The largest absolute Gasteiger partial charge is 0.493 e. The third-order valence-corrected chi connectivity index (χ3v) is 4.79. The minimum atomic E-state index is -0.212. The number of halogens is 1. The molecule has 0 aliphatic heterocycles. The van der Waals surface area contributed by atoms with Crippen LogP contribution in [0, 0.1) is 6.92 Å². The van der Waals surface area contributed by atoms with Crippen molar-refractivity contribution in [1.82, 2.24) is 0 Å². The molecule has 0 fully saturated rings. The lowest BCUT2D eigenvalue weighted by atomic mass is 10.1. The molecule has 148 valence electrons. The van der Waals surface area contributed by atoms with Crippen LogP contribution in [0.4, 0.5) is 5.69 Å². The first-order valence-corrected chi connectivity index (χ1v) is 9.94. The van der Waals surface area contributed by atoms with Gasteiger partial charge in [0.05, 0.1) is 7.11 Å². The van der Waals surface area contributed by atoms with E-state index >= 15 is 0 Å². The Morgan fingerprint density at radius 3 is 2.45 bits per heavy atom. The van der Waals surface area contributed by atoms with E-state index in [0.717, 1.165) is 26.9 Å². The highest BCUT2D eigenvalue weighted by Gasteiger charge is 2.10. The monoisotopic (exact) mass is 451 g/mol. The minimum absolute atomic E-state index is 0.212. The Morgan fingerprint density at radius 2 is 1.76 bits per heavy atom. The van der Waals surface area contributed by atoms with Gasteiger partial charge in [-0.1, -0.05) is 57.9 Å². The van der Waals surface area contributed by atoms with Crippen LogP contribution < -0.4 is 14.8 Å². The maximum Gasteiger partial charge on any atom is 0.248 e. The van der Waals surface area contributed by atoms with Crippen molar-refractivity contribution < 1.29 is 14.3 Å². The number of carbonyl (C=O) groups is 1. The van der Waals surface area contributed by atoms with E-state index in [4.69, 9.17) is 9.47 Å². The van der Waals surface area contributed by atoms with Crippen LogP contribution in [0.3, 0.4) is 0 Å². The fourth-order valence-electron chi connectivity index (χ4n) is 2.70. The van der Waals surface area contributed by atoms with Crippen LogP contribution in [-0.2, 0) is 11.4 Å². The third-order valence-electron chi connectivity index (χ3n) is 4.26. The van der Waals surface area contributed by atoms with Crippen LogP contribution in [0.25, 0.3) is 6.08 Å². The van der Waals surface area contributed by atoms with Crippen molar-refractivity contribution in [1.29, 1.82) is 0 Å². The smallest absolute Gasteiger partial charge is 0.248 e. The van der Waals surface area contributed by atoms with Crippen molar-refractivity contribution in [2.75, 3.05) is 12.4 Å². The number of carbonyl (C=O) groups excluding carboxylic acids is 1. The standard InChI is InChI=1S/C24H22BrNO3/c1-17-6-13-21(14-7-17)26-23(27)15-10-19-4-3-5-22(28-2)24(19)29-16-18-8-11-20(25)12-9-18/h3-15H,16H2,1-2H3,(H,26,27)/b15-10+. The van der Waals surface area contributed by atoms with Gasteiger partial charge in [0.1, 0.15) is 6.61 Å². The summed E-state index contributed by atoms with van der Waals surface area (Å²) in [7, 11) is 1.60.